The fraction of sp³-hybridized carbons (Fsp3) is 0.500. The van der Waals surface area contributed by atoms with Gasteiger partial charge in [-0.05, 0) is 37.6 Å². The van der Waals surface area contributed by atoms with Gasteiger partial charge in [-0.25, -0.2) is 9.97 Å². The van der Waals surface area contributed by atoms with E-state index >= 15 is 0 Å². The maximum Gasteiger partial charge on any atom is 0.137 e. The highest BCUT2D eigenvalue weighted by atomic mass is 79.9. The van der Waals surface area contributed by atoms with E-state index in [1.54, 1.807) is 6.33 Å². The van der Waals surface area contributed by atoms with Crippen molar-refractivity contribution in [3.8, 4) is 0 Å². The number of benzene rings is 1. The van der Waals surface area contributed by atoms with E-state index in [0.29, 0.717) is 0 Å². The molecule has 0 radical (unpaired) electrons. The van der Waals surface area contributed by atoms with Gasteiger partial charge in [0, 0.05) is 29.5 Å². The van der Waals surface area contributed by atoms with E-state index in [9.17, 15) is 0 Å². The van der Waals surface area contributed by atoms with Crippen LogP contribution in [0.5, 0.6) is 0 Å². The molecular weight excluding hydrogens is 344 g/mol. The van der Waals surface area contributed by atoms with E-state index in [1.807, 2.05) is 12.1 Å². The number of halogens is 1. The van der Waals surface area contributed by atoms with Crippen molar-refractivity contribution in [2.24, 2.45) is 0 Å². The average Bonchev–Trinajstić information content (AvgIpc) is 2.56. The number of ether oxygens (including phenoxy) is 1. The van der Waals surface area contributed by atoms with E-state index in [1.165, 1.54) is 6.42 Å². The highest BCUT2D eigenvalue weighted by Crippen LogP contribution is 2.23. The molecule has 1 aromatic carbocycles. The number of rotatable bonds is 6. The fourth-order valence-corrected chi connectivity index (χ4v) is 3.02. The van der Waals surface area contributed by atoms with Crippen LogP contribution in [-0.2, 0) is 4.74 Å². The Morgan fingerprint density at radius 1 is 1.18 bits per heavy atom. The summed E-state index contributed by atoms with van der Waals surface area (Å²) in [5.74, 6) is 0.915. The molecule has 1 aromatic heterocycles. The van der Waals surface area contributed by atoms with Crippen molar-refractivity contribution < 1.29 is 4.74 Å². The van der Waals surface area contributed by atoms with Crippen molar-refractivity contribution in [2.45, 2.75) is 12.8 Å². The zero-order valence-electron chi connectivity index (χ0n) is 12.6. The highest BCUT2D eigenvalue weighted by molar-refractivity contribution is 9.10. The summed E-state index contributed by atoms with van der Waals surface area (Å²) in [6.07, 6.45) is 3.95. The molecule has 0 saturated carbocycles. The van der Waals surface area contributed by atoms with Crippen molar-refractivity contribution in [3.05, 3.63) is 29.0 Å². The maximum atomic E-state index is 5.36. The number of fused-ring (bicyclic) bond motifs is 1. The fourth-order valence-electron chi connectivity index (χ4n) is 2.66. The number of hydrogen-bond acceptors (Lipinski definition) is 5. The predicted octanol–water partition coefficient (Wildman–Crippen LogP) is 2.92. The summed E-state index contributed by atoms with van der Waals surface area (Å²) in [5, 5.41) is 4.50. The van der Waals surface area contributed by atoms with Gasteiger partial charge >= 0.3 is 0 Å². The van der Waals surface area contributed by atoms with Crippen LogP contribution >= 0.6 is 15.9 Å². The molecule has 118 valence electrons. The summed E-state index contributed by atoms with van der Waals surface area (Å²) in [4.78, 5) is 11.1. The Kier molecular flexibility index (Phi) is 5.58. The van der Waals surface area contributed by atoms with Crippen LogP contribution in [0.3, 0.4) is 0 Å². The summed E-state index contributed by atoms with van der Waals surface area (Å²) in [5.41, 5.74) is 0.967. The summed E-state index contributed by atoms with van der Waals surface area (Å²) in [7, 11) is 0. The zero-order chi connectivity index (χ0) is 15.2. The van der Waals surface area contributed by atoms with Crippen molar-refractivity contribution in [1.82, 2.24) is 14.9 Å². The molecule has 0 bridgehead atoms. The first kappa shape index (κ1) is 15.6. The zero-order valence-corrected chi connectivity index (χ0v) is 14.2. The molecule has 0 atom stereocenters. The first-order chi connectivity index (χ1) is 10.8. The topological polar surface area (TPSA) is 50.3 Å². The molecule has 22 heavy (non-hydrogen) atoms. The van der Waals surface area contributed by atoms with Crippen LogP contribution in [0.4, 0.5) is 5.82 Å². The van der Waals surface area contributed by atoms with Gasteiger partial charge in [-0.15, -0.1) is 0 Å². The van der Waals surface area contributed by atoms with Gasteiger partial charge < -0.3 is 10.1 Å². The second-order valence-electron chi connectivity index (χ2n) is 5.47. The second kappa shape index (κ2) is 7.85. The Morgan fingerprint density at radius 3 is 2.91 bits per heavy atom. The van der Waals surface area contributed by atoms with Crippen molar-refractivity contribution in [3.63, 3.8) is 0 Å². The van der Waals surface area contributed by atoms with Crippen LogP contribution in [-0.4, -0.2) is 54.3 Å². The molecule has 0 amide bonds. The van der Waals surface area contributed by atoms with Gasteiger partial charge in [0.2, 0.25) is 0 Å². The van der Waals surface area contributed by atoms with Crippen LogP contribution in [0.15, 0.2) is 29.0 Å². The normalized spacial score (nSPS) is 16.0. The molecule has 1 aliphatic rings. The maximum absolute atomic E-state index is 5.36. The Labute approximate surface area is 139 Å². The monoisotopic (exact) mass is 364 g/mol. The Hall–Kier alpha value is -1.24. The second-order valence-corrected chi connectivity index (χ2v) is 6.39. The predicted molar refractivity (Wildman–Crippen MR) is 92.2 cm³/mol. The number of hydrogen-bond donors (Lipinski definition) is 1. The largest absolute Gasteiger partial charge is 0.379 e. The number of aromatic nitrogens is 2. The Balaban J connectivity index is 1.48. The lowest BCUT2D eigenvalue weighted by atomic mass is 10.2. The minimum Gasteiger partial charge on any atom is -0.379 e. The molecule has 1 saturated heterocycles. The molecule has 2 heterocycles. The van der Waals surface area contributed by atoms with E-state index in [0.717, 1.165) is 67.0 Å². The molecule has 0 unspecified atom stereocenters. The summed E-state index contributed by atoms with van der Waals surface area (Å²) in [6.45, 7) is 5.97. The molecule has 3 rings (SSSR count). The third-order valence-electron chi connectivity index (χ3n) is 3.89. The van der Waals surface area contributed by atoms with Gasteiger partial charge in [-0.2, -0.15) is 0 Å². The van der Waals surface area contributed by atoms with Gasteiger partial charge in [0.1, 0.15) is 12.1 Å². The van der Waals surface area contributed by atoms with Crippen LogP contribution in [0.25, 0.3) is 10.9 Å². The number of unbranched alkanes of at least 4 members (excludes halogenated alkanes) is 1. The molecule has 5 nitrogen and oxygen atoms in total. The number of anilines is 1. The third kappa shape index (κ3) is 4.15. The van der Waals surface area contributed by atoms with Gasteiger partial charge in [-0.1, -0.05) is 15.9 Å². The lowest BCUT2D eigenvalue weighted by Gasteiger charge is -2.26. The highest BCUT2D eigenvalue weighted by Gasteiger charge is 2.09. The smallest absolute Gasteiger partial charge is 0.137 e. The molecule has 1 fully saturated rings. The standard InChI is InChI=1S/C16H21BrN4O/c17-13-3-4-15-14(11-13)16(20-12-19-15)18-5-1-2-6-21-7-9-22-10-8-21/h3-4,11-12H,1-2,5-10H2,(H,18,19,20). The van der Waals surface area contributed by atoms with Crippen LogP contribution < -0.4 is 5.32 Å². The third-order valence-corrected chi connectivity index (χ3v) is 4.39. The SMILES string of the molecule is Brc1ccc2ncnc(NCCCCN3CCOCC3)c2c1. The van der Waals surface area contributed by atoms with E-state index in [2.05, 4.69) is 42.2 Å². The molecule has 1 N–H and O–H groups in total. The molecular formula is C16H21BrN4O. The van der Waals surface area contributed by atoms with E-state index in [-0.39, 0.29) is 0 Å². The quantitative estimate of drug-likeness (QED) is 0.798. The summed E-state index contributed by atoms with van der Waals surface area (Å²) in [6, 6.07) is 6.07. The van der Waals surface area contributed by atoms with Gasteiger partial charge in [0.05, 0.1) is 18.7 Å². The van der Waals surface area contributed by atoms with Gasteiger partial charge in [0.15, 0.2) is 0 Å². The lowest BCUT2D eigenvalue weighted by Crippen LogP contribution is -2.36. The van der Waals surface area contributed by atoms with Gasteiger partial charge in [0.25, 0.3) is 0 Å². The van der Waals surface area contributed by atoms with Crippen molar-refractivity contribution >= 4 is 32.7 Å². The lowest BCUT2D eigenvalue weighted by molar-refractivity contribution is 0.0373. The molecule has 6 heteroatoms. The van der Waals surface area contributed by atoms with Crippen molar-refractivity contribution in [1.29, 1.82) is 0 Å². The number of nitrogens with one attached hydrogen (secondary N) is 1. The first-order valence-electron chi connectivity index (χ1n) is 7.77. The van der Waals surface area contributed by atoms with E-state index in [4.69, 9.17) is 4.74 Å². The van der Waals surface area contributed by atoms with Crippen LogP contribution in [0, 0.1) is 0 Å². The number of morpholine rings is 1. The summed E-state index contributed by atoms with van der Waals surface area (Å²) < 4.78 is 6.41. The number of nitrogens with zero attached hydrogens (tertiary/aromatic N) is 3. The Morgan fingerprint density at radius 2 is 2.05 bits per heavy atom. The van der Waals surface area contributed by atoms with Gasteiger partial charge in [-0.3, -0.25) is 4.90 Å². The molecule has 1 aliphatic heterocycles. The molecule has 2 aromatic rings. The van der Waals surface area contributed by atoms with E-state index < -0.39 is 0 Å². The first-order valence-corrected chi connectivity index (χ1v) is 8.56. The average molecular weight is 365 g/mol. The van der Waals surface area contributed by atoms with Crippen LogP contribution in [0.2, 0.25) is 0 Å². The molecule has 0 spiro atoms. The minimum atomic E-state index is 0.875. The van der Waals surface area contributed by atoms with Crippen molar-refractivity contribution in [2.75, 3.05) is 44.7 Å². The minimum absolute atomic E-state index is 0.875. The Bertz CT molecular complexity index is 616. The van der Waals surface area contributed by atoms with Crippen LogP contribution in [0.1, 0.15) is 12.8 Å². The molecule has 0 aliphatic carbocycles. The summed E-state index contributed by atoms with van der Waals surface area (Å²) >= 11 is 3.50.